The van der Waals surface area contributed by atoms with Crippen molar-refractivity contribution in [2.24, 2.45) is 0 Å². The lowest BCUT2D eigenvalue weighted by molar-refractivity contribution is 0.0183. The highest BCUT2D eigenvalue weighted by Gasteiger charge is 2.36. The van der Waals surface area contributed by atoms with E-state index < -0.39 is 49.4 Å². The van der Waals surface area contributed by atoms with Gasteiger partial charge in [-0.1, -0.05) is 18.2 Å². The van der Waals surface area contributed by atoms with Gasteiger partial charge in [0.25, 0.3) is 0 Å². The number of methoxy groups -OCH3 is 1. The molecule has 2 aliphatic rings. The monoisotopic (exact) mass is 980 g/mol. The fourth-order valence-corrected chi connectivity index (χ4v) is 10.5. The van der Waals surface area contributed by atoms with E-state index in [-0.39, 0.29) is 85.8 Å². The molecule has 0 atom stereocenters. The molecule has 17 nitrogen and oxygen atoms in total. The van der Waals surface area contributed by atoms with E-state index in [0.29, 0.717) is 17.1 Å². The predicted molar refractivity (Wildman–Crippen MR) is 255 cm³/mol. The first-order chi connectivity index (χ1) is 31.7. The molecule has 6 rings (SSSR count). The zero-order chi connectivity index (χ0) is 50.4. The van der Waals surface area contributed by atoms with Gasteiger partial charge >= 0.3 is 18.2 Å². The minimum atomic E-state index is -4.06. The van der Waals surface area contributed by atoms with E-state index in [0.717, 1.165) is 22.3 Å². The van der Waals surface area contributed by atoms with E-state index in [1.807, 2.05) is 52.0 Å². The molecule has 0 radical (unpaired) electrons. The molecule has 0 bridgehead atoms. The predicted octanol–water partition coefficient (Wildman–Crippen LogP) is 7.95. The number of carbonyl (C=O) groups excluding carboxylic acids is 3. The van der Waals surface area contributed by atoms with Crippen LogP contribution < -0.4 is 9.47 Å². The first-order valence-corrected chi connectivity index (χ1v) is 25.0. The molecule has 0 spiro atoms. The SMILES string of the molecule is COC(=O)c1ccc(Oc2cc(C)cc(C)c2)c(S(=O)(=O)N2CCN(C(=O)OC(C)(C)C)CC2)c1.Cc1cc(C)cc(Oc2ccc(CO)cc2S(=O)(=O)N2CCN(C(=O)OC(C)(C)C)CC2)c1. The van der Waals surface area contributed by atoms with Crippen molar-refractivity contribution in [1.29, 1.82) is 0 Å². The zero-order valence-corrected chi connectivity index (χ0v) is 42.4. The lowest BCUT2D eigenvalue weighted by atomic mass is 10.1. The number of esters is 1. The molecular formula is C49H64N4O13S2. The van der Waals surface area contributed by atoms with Gasteiger partial charge in [0.05, 0.1) is 19.3 Å². The Morgan fingerprint density at radius 2 is 0.912 bits per heavy atom. The molecule has 68 heavy (non-hydrogen) atoms. The maximum atomic E-state index is 13.7. The van der Waals surface area contributed by atoms with Gasteiger partial charge in [0.2, 0.25) is 20.0 Å². The summed E-state index contributed by atoms with van der Waals surface area (Å²) in [6.45, 7) is 19.3. The molecule has 0 unspecified atom stereocenters. The van der Waals surface area contributed by atoms with Crippen LogP contribution in [0.3, 0.4) is 0 Å². The number of hydrogen-bond donors (Lipinski definition) is 1. The summed E-state index contributed by atoms with van der Waals surface area (Å²) in [6.07, 6.45) is -0.943. The van der Waals surface area contributed by atoms with E-state index in [1.165, 1.54) is 49.8 Å². The highest BCUT2D eigenvalue weighted by atomic mass is 32.2. The van der Waals surface area contributed by atoms with Gasteiger partial charge in [-0.25, -0.2) is 31.2 Å². The lowest BCUT2D eigenvalue weighted by Crippen LogP contribution is -2.51. The Bertz CT molecular complexity index is 2660. The molecule has 4 aromatic carbocycles. The van der Waals surface area contributed by atoms with Crippen LogP contribution in [0.25, 0.3) is 0 Å². The van der Waals surface area contributed by atoms with Crippen molar-refractivity contribution in [3.05, 3.63) is 106 Å². The van der Waals surface area contributed by atoms with Gasteiger partial charge in [0, 0.05) is 52.4 Å². The topological polar surface area (TPSA) is 199 Å². The van der Waals surface area contributed by atoms with Crippen LogP contribution in [0.2, 0.25) is 0 Å². The van der Waals surface area contributed by atoms with Crippen LogP contribution in [-0.4, -0.2) is 129 Å². The van der Waals surface area contributed by atoms with Crippen LogP contribution in [0.5, 0.6) is 23.0 Å². The van der Waals surface area contributed by atoms with Crippen molar-refractivity contribution in [2.45, 2.75) is 96.8 Å². The Balaban J connectivity index is 0.000000255. The number of hydrogen-bond acceptors (Lipinski definition) is 13. The summed E-state index contributed by atoms with van der Waals surface area (Å²) >= 11 is 0. The summed E-state index contributed by atoms with van der Waals surface area (Å²) in [5.74, 6) is 0.646. The van der Waals surface area contributed by atoms with Crippen LogP contribution >= 0.6 is 0 Å². The number of nitrogens with zero attached hydrogens (tertiary/aromatic N) is 4. The number of aryl methyl sites for hydroxylation is 4. The largest absolute Gasteiger partial charge is 0.465 e. The minimum Gasteiger partial charge on any atom is -0.465 e. The van der Waals surface area contributed by atoms with Gasteiger partial charge in [-0.05, 0) is 152 Å². The van der Waals surface area contributed by atoms with Crippen molar-refractivity contribution in [1.82, 2.24) is 18.4 Å². The molecule has 4 aromatic rings. The number of piperazine rings is 2. The van der Waals surface area contributed by atoms with Gasteiger partial charge in [0.1, 0.15) is 44.0 Å². The van der Waals surface area contributed by atoms with Gasteiger partial charge < -0.3 is 38.6 Å². The molecule has 2 heterocycles. The van der Waals surface area contributed by atoms with Crippen molar-refractivity contribution >= 4 is 38.2 Å². The summed E-state index contributed by atoms with van der Waals surface area (Å²) in [7, 11) is -6.76. The summed E-state index contributed by atoms with van der Waals surface area (Å²) in [5, 5.41) is 9.57. The third-order valence-electron chi connectivity index (χ3n) is 10.4. The molecule has 1 N–H and O–H groups in total. The molecule has 370 valence electrons. The number of aliphatic hydroxyl groups excluding tert-OH is 1. The third kappa shape index (κ3) is 14.2. The second kappa shape index (κ2) is 21.7. The highest BCUT2D eigenvalue weighted by molar-refractivity contribution is 7.89. The van der Waals surface area contributed by atoms with E-state index in [9.17, 15) is 36.3 Å². The van der Waals surface area contributed by atoms with Crippen LogP contribution in [0, 0.1) is 27.7 Å². The number of sulfonamides is 2. The van der Waals surface area contributed by atoms with Crippen LogP contribution in [0.1, 0.15) is 79.7 Å². The summed E-state index contributed by atoms with van der Waals surface area (Å²) in [6, 6.07) is 20.1. The fraction of sp³-hybridized carbons (Fsp3) is 0.449. The first-order valence-electron chi connectivity index (χ1n) is 22.1. The van der Waals surface area contributed by atoms with Crippen LogP contribution in [0.4, 0.5) is 9.59 Å². The molecular weight excluding hydrogens is 917 g/mol. The average molecular weight is 981 g/mol. The standard InChI is InChI=1S/C25H32N2O7S.C24H32N2O6S/c1-17-13-18(2)15-20(14-17)33-21-8-7-19(23(28)32-6)16-22(21)35(30,31)27-11-9-26(10-12-27)24(29)34-25(3,4)5;1-17-12-18(2)14-20(13-17)31-21-7-6-19(16-27)15-22(21)33(29,30)26-10-8-25(9-11-26)23(28)32-24(3,4)5/h7-8,13-16H,9-12H2,1-6H3;6-7,12-15,27H,8-11,16H2,1-5H3. The highest BCUT2D eigenvalue weighted by Crippen LogP contribution is 2.35. The normalized spacial score (nSPS) is 15.2. The molecule has 2 fully saturated rings. The number of carbonyl (C=O) groups is 3. The fourth-order valence-electron chi connectivity index (χ4n) is 7.37. The Kier molecular flexibility index (Phi) is 17.0. The van der Waals surface area contributed by atoms with Gasteiger partial charge in [-0.2, -0.15) is 8.61 Å². The molecule has 2 aliphatic heterocycles. The second-order valence-corrected chi connectivity index (χ2v) is 22.5. The van der Waals surface area contributed by atoms with Crippen LogP contribution in [0.15, 0.2) is 82.6 Å². The molecule has 0 aromatic heterocycles. The molecule has 2 amide bonds. The van der Waals surface area contributed by atoms with Crippen LogP contribution in [-0.2, 0) is 40.9 Å². The van der Waals surface area contributed by atoms with Gasteiger partial charge in [-0.3, -0.25) is 0 Å². The van der Waals surface area contributed by atoms with Gasteiger partial charge in [0.15, 0.2) is 0 Å². The first kappa shape index (κ1) is 53.2. The molecule has 2 saturated heterocycles. The van der Waals surface area contributed by atoms with E-state index in [2.05, 4.69) is 0 Å². The van der Waals surface area contributed by atoms with E-state index in [4.69, 9.17) is 23.7 Å². The Labute approximate surface area is 400 Å². The number of amides is 2. The maximum absolute atomic E-state index is 13.7. The Morgan fingerprint density at radius 3 is 1.26 bits per heavy atom. The molecule has 19 heteroatoms. The third-order valence-corrected chi connectivity index (χ3v) is 14.3. The van der Waals surface area contributed by atoms with Crippen molar-refractivity contribution in [2.75, 3.05) is 59.5 Å². The van der Waals surface area contributed by atoms with E-state index >= 15 is 0 Å². The van der Waals surface area contributed by atoms with Crippen molar-refractivity contribution < 1.29 is 60.0 Å². The smallest absolute Gasteiger partial charge is 0.410 e. The lowest BCUT2D eigenvalue weighted by Gasteiger charge is -2.35. The summed E-state index contributed by atoms with van der Waals surface area (Å²) in [4.78, 5) is 39.7. The minimum absolute atomic E-state index is 0.0149. The van der Waals surface area contributed by atoms with E-state index in [1.54, 1.807) is 65.8 Å². The number of aliphatic hydroxyl groups is 1. The quantitative estimate of drug-likeness (QED) is 0.119. The van der Waals surface area contributed by atoms with Crippen molar-refractivity contribution in [3.63, 3.8) is 0 Å². The zero-order valence-electron chi connectivity index (χ0n) is 40.7. The molecule has 0 saturated carbocycles. The average Bonchev–Trinajstić information content (AvgIpc) is 3.24. The van der Waals surface area contributed by atoms with Crippen molar-refractivity contribution in [3.8, 4) is 23.0 Å². The second-order valence-electron chi connectivity index (χ2n) is 18.7. The number of benzene rings is 4. The number of ether oxygens (including phenoxy) is 5. The summed E-state index contributed by atoms with van der Waals surface area (Å²) < 4.78 is 84.5. The summed E-state index contributed by atoms with van der Waals surface area (Å²) in [5.41, 5.74) is 3.22. The van der Waals surface area contributed by atoms with Gasteiger partial charge in [-0.15, -0.1) is 0 Å². The Morgan fingerprint density at radius 1 is 0.544 bits per heavy atom. The number of rotatable bonds is 10. The maximum Gasteiger partial charge on any atom is 0.410 e. The Hall–Kier alpha value is -5.73. The molecule has 0 aliphatic carbocycles.